The van der Waals surface area contributed by atoms with Crippen molar-refractivity contribution in [2.75, 3.05) is 19.5 Å². The average molecular weight is 349 g/mol. The molecule has 1 aliphatic rings. The first-order chi connectivity index (χ1) is 11.8. The molecule has 4 nitrogen and oxygen atoms in total. The lowest BCUT2D eigenvalue weighted by Gasteiger charge is -2.09. The van der Waals surface area contributed by atoms with Gasteiger partial charge in [-0.3, -0.25) is 4.79 Å². The zero-order valence-corrected chi connectivity index (χ0v) is 13.4. The van der Waals surface area contributed by atoms with Crippen molar-refractivity contribution in [2.24, 2.45) is 0 Å². The number of halogens is 3. The van der Waals surface area contributed by atoms with E-state index in [0.717, 1.165) is 12.1 Å². The first kappa shape index (κ1) is 16.9. The van der Waals surface area contributed by atoms with E-state index in [9.17, 15) is 18.0 Å². The highest BCUT2D eigenvalue weighted by Gasteiger charge is 2.33. The number of carbonyl (C=O) groups is 1. The molecule has 130 valence electrons. The summed E-state index contributed by atoms with van der Waals surface area (Å²) in [4.78, 5) is 12.2. The number of nitrogens with one attached hydrogen (secondary N) is 1. The van der Waals surface area contributed by atoms with Crippen LogP contribution in [-0.4, -0.2) is 20.1 Å². The number of carbonyl (C=O) groups excluding carboxylic acids is 1. The van der Waals surface area contributed by atoms with Crippen LogP contribution in [0.4, 0.5) is 18.9 Å². The standard InChI is InChI=1S/C18H14F3NO3/c1-24-12-4-6-16(25-2)10(7-12)8-14-13-5-3-11(18(19,20)21)9-15(13)22-17(14)23/h3-9H,1-2H3,(H,22,23). The number of anilines is 1. The third kappa shape index (κ3) is 3.17. The van der Waals surface area contributed by atoms with Gasteiger partial charge in [-0.05, 0) is 36.4 Å². The highest BCUT2D eigenvalue weighted by atomic mass is 19.4. The largest absolute Gasteiger partial charge is 0.497 e. The Labute approximate surface area is 141 Å². The van der Waals surface area contributed by atoms with E-state index in [1.807, 2.05) is 0 Å². The van der Waals surface area contributed by atoms with Crippen LogP contribution < -0.4 is 14.8 Å². The molecule has 7 heteroatoms. The molecule has 0 saturated heterocycles. The highest BCUT2D eigenvalue weighted by molar-refractivity contribution is 6.35. The summed E-state index contributed by atoms with van der Waals surface area (Å²) in [6.07, 6.45) is -2.90. The number of fused-ring (bicyclic) bond motifs is 1. The molecule has 2 aromatic rings. The third-order valence-corrected chi connectivity index (χ3v) is 3.87. The van der Waals surface area contributed by atoms with Crippen molar-refractivity contribution in [3.63, 3.8) is 0 Å². The van der Waals surface area contributed by atoms with E-state index in [1.165, 1.54) is 20.3 Å². The molecule has 25 heavy (non-hydrogen) atoms. The predicted octanol–water partition coefficient (Wildman–Crippen LogP) is 4.22. The molecule has 0 saturated carbocycles. The molecule has 1 N–H and O–H groups in total. The summed E-state index contributed by atoms with van der Waals surface area (Å²) in [5.74, 6) is 0.611. The first-order valence-corrected chi connectivity index (χ1v) is 7.30. The maximum absolute atomic E-state index is 12.8. The molecule has 0 unspecified atom stereocenters. The minimum Gasteiger partial charge on any atom is -0.497 e. The van der Waals surface area contributed by atoms with Crippen molar-refractivity contribution in [1.29, 1.82) is 0 Å². The van der Waals surface area contributed by atoms with Crippen LogP contribution in [0.15, 0.2) is 36.4 Å². The second kappa shape index (κ2) is 6.16. The number of amides is 1. The number of benzene rings is 2. The summed E-state index contributed by atoms with van der Waals surface area (Å²) in [5.41, 5.74) is 0.567. The maximum Gasteiger partial charge on any atom is 0.416 e. The summed E-state index contributed by atoms with van der Waals surface area (Å²) >= 11 is 0. The van der Waals surface area contributed by atoms with Crippen molar-refractivity contribution in [2.45, 2.75) is 6.18 Å². The van der Waals surface area contributed by atoms with E-state index in [-0.39, 0.29) is 11.3 Å². The Hall–Kier alpha value is -2.96. The summed E-state index contributed by atoms with van der Waals surface area (Å²) in [5, 5.41) is 2.47. The molecule has 1 heterocycles. The highest BCUT2D eigenvalue weighted by Crippen LogP contribution is 2.39. The molecule has 0 aliphatic carbocycles. The van der Waals surface area contributed by atoms with Gasteiger partial charge in [-0.2, -0.15) is 13.2 Å². The molecule has 1 aliphatic heterocycles. The third-order valence-electron chi connectivity index (χ3n) is 3.87. The number of hydrogen-bond acceptors (Lipinski definition) is 3. The monoisotopic (exact) mass is 349 g/mol. The van der Waals surface area contributed by atoms with E-state index in [1.54, 1.807) is 24.3 Å². The van der Waals surface area contributed by atoms with Crippen LogP contribution >= 0.6 is 0 Å². The minimum absolute atomic E-state index is 0.132. The van der Waals surface area contributed by atoms with E-state index in [4.69, 9.17) is 9.47 Å². The fourth-order valence-corrected chi connectivity index (χ4v) is 2.62. The minimum atomic E-state index is -4.47. The van der Waals surface area contributed by atoms with Gasteiger partial charge in [0.1, 0.15) is 11.5 Å². The van der Waals surface area contributed by atoms with Gasteiger partial charge in [0, 0.05) is 22.4 Å². The zero-order chi connectivity index (χ0) is 18.2. The molecule has 0 bridgehead atoms. The Morgan fingerprint density at radius 1 is 1.04 bits per heavy atom. The van der Waals surface area contributed by atoms with Gasteiger partial charge in [0.05, 0.1) is 19.8 Å². The Kier molecular flexibility index (Phi) is 4.16. The molecule has 1 amide bonds. The van der Waals surface area contributed by atoms with E-state index >= 15 is 0 Å². The predicted molar refractivity (Wildman–Crippen MR) is 87.5 cm³/mol. The van der Waals surface area contributed by atoms with Crippen LogP contribution in [0.3, 0.4) is 0 Å². The Balaban J connectivity index is 2.09. The molecule has 0 radical (unpaired) electrons. The average Bonchev–Trinajstić information content (AvgIpc) is 2.89. The fraction of sp³-hybridized carbons (Fsp3) is 0.167. The molecular weight excluding hydrogens is 335 g/mol. The summed E-state index contributed by atoms with van der Waals surface area (Å²) in [6.45, 7) is 0. The van der Waals surface area contributed by atoms with Gasteiger partial charge in [-0.1, -0.05) is 6.07 Å². The SMILES string of the molecule is COc1ccc(OC)c(C=C2C(=O)Nc3cc(C(F)(F)F)ccc32)c1. The lowest BCUT2D eigenvalue weighted by atomic mass is 10.0. The van der Waals surface area contributed by atoms with Crippen molar-refractivity contribution >= 4 is 23.2 Å². The van der Waals surface area contributed by atoms with Crippen molar-refractivity contribution in [1.82, 2.24) is 0 Å². The number of methoxy groups -OCH3 is 2. The summed E-state index contributed by atoms with van der Waals surface area (Å²) in [6, 6.07) is 8.24. The van der Waals surface area contributed by atoms with Crippen LogP contribution in [-0.2, 0) is 11.0 Å². The van der Waals surface area contributed by atoms with E-state index < -0.39 is 17.6 Å². The van der Waals surface area contributed by atoms with Crippen molar-refractivity contribution < 1.29 is 27.4 Å². The Morgan fingerprint density at radius 2 is 1.80 bits per heavy atom. The van der Waals surface area contributed by atoms with Crippen LogP contribution in [0, 0.1) is 0 Å². The first-order valence-electron chi connectivity index (χ1n) is 7.30. The van der Waals surface area contributed by atoms with Gasteiger partial charge >= 0.3 is 6.18 Å². The Morgan fingerprint density at radius 3 is 2.44 bits per heavy atom. The van der Waals surface area contributed by atoms with Crippen LogP contribution in [0.1, 0.15) is 16.7 Å². The summed E-state index contributed by atoms with van der Waals surface area (Å²) in [7, 11) is 3.00. The zero-order valence-electron chi connectivity index (χ0n) is 13.4. The lowest BCUT2D eigenvalue weighted by Crippen LogP contribution is -2.06. The molecule has 0 aromatic heterocycles. The topological polar surface area (TPSA) is 47.6 Å². The number of ether oxygens (including phenoxy) is 2. The summed E-state index contributed by atoms with van der Waals surface area (Å²) < 4.78 is 48.9. The molecule has 0 atom stereocenters. The van der Waals surface area contributed by atoms with Gasteiger partial charge < -0.3 is 14.8 Å². The van der Waals surface area contributed by atoms with Gasteiger partial charge in [-0.15, -0.1) is 0 Å². The van der Waals surface area contributed by atoms with Crippen molar-refractivity contribution in [3.05, 3.63) is 53.1 Å². The second-order valence-electron chi connectivity index (χ2n) is 5.38. The van der Waals surface area contributed by atoms with E-state index in [2.05, 4.69) is 5.32 Å². The molecule has 0 spiro atoms. The van der Waals surface area contributed by atoms with Crippen LogP contribution in [0.25, 0.3) is 11.6 Å². The van der Waals surface area contributed by atoms with Crippen molar-refractivity contribution in [3.8, 4) is 11.5 Å². The number of alkyl halides is 3. The quantitative estimate of drug-likeness (QED) is 0.844. The van der Waals surface area contributed by atoms with Crippen LogP contribution in [0.2, 0.25) is 0 Å². The molecule has 3 rings (SSSR count). The maximum atomic E-state index is 12.8. The van der Waals surface area contributed by atoms with Gasteiger partial charge in [0.15, 0.2) is 0 Å². The van der Waals surface area contributed by atoms with Crippen LogP contribution in [0.5, 0.6) is 11.5 Å². The van der Waals surface area contributed by atoms with Gasteiger partial charge in [0.25, 0.3) is 5.91 Å². The Bertz CT molecular complexity index is 872. The fourth-order valence-electron chi connectivity index (χ4n) is 2.62. The normalized spacial score (nSPS) is 15.1. The van der Waals surface area contributed by atoms with Gasteiger partial charge in [-0.25, -0.2) is 0 Å². The molecular formula is C18H14F3NO3. The number of hydrogen-bond donors (Lipinski definition) is 1. The molecule has 2 aromatic carbocycles. The van der Waals surface area contributed by atoms with Gasteiger partial charge in [0.2, 0.25) is 0 Å². The second-order valence-corrected chi connectivity index (χ2v) is 5.38. The number of rotatable bonds is 3. The smallest absolute Gasteiger partial charge is 0.416 e. The van der Waals surface area contributed by atoms with E-state index in [0.29, 0.717) is 22.6 Å². The lowest BCUT2D eigenvalue weighted by molar-refractivity contribution is -0.137. The molecule has 0 fully saturated rings.